The predicted molar refractivity (Wildman–Crippen MR) is 123 cm³/mol. The second-order valence-electron chi connectivity index (χ2n) is 8.14. The zero-order valence-electron chi connectivity index (χ0n) is 18.0. The Morgan fingerprint density at radius 2 is 1.81 bits per heavy atom. The summed E-state index contributed by atoms with van der Waals surface area (Å²) in [5.74, 6) is -1.46. The van der Waals surface area contributed by atoms with Crippen molar-refractivity contribution in [1.82, 2.24) is 4.90 Å². The van der Waals surface area contributed by atoms with Gasteiger partial charge in [0.15, 0.2) is 5.25 Å². The van der Waals surface area contributed by atoms with Crippen LogP contribution in [0, 0.1) is 12.7 Å². The van der Waals surface area contributed by atoms with Gasteiger partial charge in [-0.15, -0.1) is 11.8 Å². The van der Waals surface area contributed by atoms with Gasteiger partial charge in [0.05, 0.1) is 5.69 Å². The minimum Gasteiger partial charge on any atom is -0.341 e. The summed E-state index contributed by atoms with van der Waals surface area (Å²) in [5, 5.41) is 1.74. The topological polar surface area (TPSA) is 69.7 Å². The number of hydrogen-bond donors (Lipinski definition) is 1. The molecule has 0 spiro atoms. The molecule has 2 aliphatic rings. The Bertz CT molecular complexity index is 1040. The molecule has 1 fully saturated rings. The maximum absolute atomic E-state index is 13.8. The van der Waals surface area contributed by atoms with Crippen LogP contribution in [-0.2, 0) is 14.4 Å². The van der Waals surface area contributed by atoms with E-state index in [9.17, 15) is 18.8 Å². The fraction of sp³-hybridized carbons (Fsp3) is 0.375. The molecule has 0 aliphatic carbocycles. The van der Waals surface area contributed by atoms with Crippen LogP contribution in [0.25, 0.3) is 0 Å². The third kappa shape index (κ3) is 4.80. The monoisotopic (exact) mass is 455 g/mol. The van der Waals surface area contributed by atoms with Crippen molar-refractivity contribution in [2.75, 3.05) is 29.9 Å². The van der Waals surface area contributed by atoms with Gasteiger partial charge >= 0.3 is 0 Å². The van der Waals surface area contributed by atoms with Crippen LogP contribution in [-0.4, -0.2) is 47.5 Å². The minimum absolute atomic E-state index is 0.192. The molecule has 0 radical (unpaired) electrons. The highest BCUT2D eigenvalue weighted by molar-refractivity contribution is 8.01. The Morgan fingerprint density at radius 1 is 1.09 bits per heavy atom. The molecule has 4 rings (SSSR count). The standard InChI is InChI=1S/C24H26FN3O3S/c1-16-10-11-17(14-18(16)25)26-21(29)15-28-19-8-4-5-9-20(19)32-22(24(28)31)23(30)27-12-6-2-3-7-13-27/h4-5,8-11,14,22H,2-3,6-7,12-13,15H2,1H3,(H,26,29)/t22-/m1/s1. The van der Waals surface area contributed by atoms with E-state index >= 15 is 0 Å². The van der Waals surface area contributed by atoms with E-state index in [2.05, 4.69) is 5.32 Å². The lowest BCUT2D eigenvalue weighted by Gasteiger charge is -2.34. The predicted octanol–water partition coefficient (Wildman–Crippen LogP) is 3.98. The summed E-state index contributed by atoms with van der Waals surface area (Å²) < 4.78 is 13.8. The molecule has 2 aromatic carbocycles. The molecular formula is C24H26FN3O3S. The average molecular weight is 456 g/mol. The first-order chi connectivity index (χ1) is 15.4. The number of nitrogens with zero attached hydrogens (tertiary/aromatic N) is 2. The van der Waals surface area contributed by atoms with Crippen molar-refractivity contribution in [3.05, 3.63) is 53.8 Å². The van der Waals surface area contributed by atoms with Gasteiger partial charge in [-0.1, -0.05) is 31.0 Å². The van der Waals surface area contributed by atoms with Crippen LogP contribution in [0.1, 0.15) is 31.2 Å². The number of likely N-dealkylation sites (tertiary alicyclic amines) is 1. The fourth-order valence-corrected chi connectivity index (χ4v) is 5.20. The summed E-state index contributed by atoms with van der Waals surface area (Å²) in [6.07, 6.45) is 4.05. The Morgan fingerprint density at radius 3 is 2.53 bits per heavy atom. The third-order valence-electron chi connectivity index (χ3n) is 5.79. The largest absolute Gasteiger partial charge is 0.341 e. The highest BCUT2D eigenvalue weighted by atomic mass is 32.2. The fourth-order valence-electron chi connectivity index (χ4n) is 4.01. The van der Waals surface area contributed by atoms with Crippen molar-refractivity contribution in [2.45, 2.75) is 42.8 Å². The van der Waals surface area contributed by atoms with E-state index in [0.29, 0.717) is 30.0 Å². The number of fused-ring (bicyclic) bond motifs is 1. The molecule has 0 bridgehead atoms. The SMILES string of the molecule is Cc1ccc(NC(=O)CN2C(=O)[C@@H](C(=O)N3CCCCCC3)Sc3ccccc32)cc1F. The van der Waals surface area contributed by atoms with Crippen LogP contribution in [0.3, 0.4) is 0 Å². The molecule has 8 heteroatoms. The summed E-state index contributed by atoms with van der Waals surface area (Å²) in [4.78, 5) is 43.3. The first-order valence-electron chi connectivity index (χ1n) is 10.9. The summed E-state index contributed by atoms with van der Waals surface area (Å²) in [6, 6.07) is 11.7. The van der Waals surface area contributed by atoms with Crippen LogP contribution in [0.5, 0.6) is 0 Å². The van der Waals surface area contributed by atoms with Crippen LogP contribution < -0.4 is 10.2 Å². The Hall–Kier alpha value is -2.87. The van der Waals surface area contributed by atoms with E-state index in [1.54, 1.807) is 36.1 Å². The Kier molecular flexibility index (Phi) is 6.79. The Labute approximate surface area is 191 Å². The van der Waals surface area contributed by atoms with Gasteiger partial charge in [0.2, 0.25) is 11.8 Å². The molecule has 0 aromatic heterocycles. The number of hydrogen-bond acceptors (Lipinski definition) is 4. The molecule has 1 N–H and O–H groups in total. The average Bonchev–Trinajstić information content (AvgIpc) is 3.07. The van der Waals surface area contributed by atoms with Gasteiger partial charge < -0.3 is 15.1 Å². The molecule has 2 aromatic rings. The summed E-state index contributed by atoms with van der Waals surface area (Å²) in [7, 11) is 0. The number of carbonyl (C=O) groups is 3. The van der Waals surface area contributed by atoms with Crippen molar-refractivity contribution in [2.24, 2.45) is 0 Å². The van der Waals surface area contributed by atoms with Gasteiger partial charge in [-0.3, -0.25) is 14.4 Å². The molecule has 2 heterocycles. The van der Waals surface area contributed by atoms with Crippen molar-refractivity contribution in [3.63, 3.8) is 0 Å². The number of anilines is 2. The lowest BCUT2D eigenvalue weighted by molar-refractivity contribution is -0.135. The number of nitrogens with one attached hydrogen (secondary N) is 1. The normalized spacial score (nSPS) is 18.7. The maximum atomic E-state index is 13.8. The molecule has 2 aliphatic heterocycles. The number of carbonyl (C=O) groups excluding carboxylic acids is 3. The molecular weight excluding hydrogens is 429 g/mol. The van der Waals surface area contributed by atoms with Gasteiger partial charge in [0.25, 0.3) is 5.91 Å². The number of para-hydroxylation sites is 1. The second-order valence-corrected chi connectivity index (χ2v) is 9.29. The van der Waals surface area contributed by atoms with Gasteiger partial charge in [-0.05, 0) is 49.6 Å². The molecule has 32 heavy (non-hydrogen) atoms. The van der Waals surface area contributed by atoms with Gasteiger partial charge in [-0.25, -0.2) is 4.39 Å². The molecule has 1 atom stereocenters. The quantitative estimate of drug-likeness (QED) is 0.708. The number of halogens is 1. The molecule has 0 saturated carbocycles. The second kappa shape index (κ2) is 9.73. The van der Waals surface area contributed by atoms with Crippen LogP contribution in [0.2, 0.25) is 0 Å². The highest BCUT2D eigenvalue weighted by Crippen LogP contribution is 2.39. The number of aryl methyl sites for hydroxylation is 1. The van der Waals surface area contributed by atoms with E-state index in [4.69, 9.17) is 0 Å². The molecule has 0 unspecified atom stereocenters. The first-order valence-corrected chi connectivity index (χ1v) is 11.7. The van der Waals surface area contributed by atoms with Crippen LogP contribution in [0.4, 0.5) is 15.8 Å². The molecule has 168 valence electrons. The number of amides is 3. The summed E-state index contributed by atoms with van der Waals surface area (Å²) in [6.45, 7) is 2.70. The van der Waals surface area contributed by atoms with Crippen molar-refractivity contribution in [3.8, 4) is 0 Å². The lowest BCUT2D eigenvalue weighted by Crippen LogP contribution is -2.51. The minimum atomic E-state index is -0.910. The third-order valence-corrected chi connectivity index (χ3v) is 7.03. The maximum Gasteiger partial charge on any atom is 0.250 e. The van der Waals surface area contributed by atoms with Gasteiger partial charge in [-0.2, -0.15) is 0 Å². The highest BCUT2D eigenvalue weighted by Gasteiger charge is 2.40. The van der Waals surface area contributed by atoms with E-state index in [1.165, 1.54) is 22.7 Å². The zero-order chi connectivity index (χ0) is 22.7. The Balaban J connectivity index is 1.54. The summed E-state index contributed by atoms with van der Waals surface area (Å²) in [5.41, 5.74) is 1.41. The van der Waals surface area contributed by atoms with E-state index < -0.39 is 22.9 Å². The van der Waals surface area contributed by atoms with Gasteiger partial charge in [0.1, 0.15) is 12.4 Å². The van der Waals surface area contributed by atoms with E-state index in [0.717, 1.165) is 30.6 Å². The first kappa shape index (κ1) is 22.3. The van der Waals surface area contributed by atoms with Crippen molar-refractivity contribution >= 4 is 40.9 Å². The zero-order valence-corrected chi connectivity index (χ0v) is 18.8. The number of thioether (sulfide) groups is 1. The molecule has 6 nitrogen and oxygen atoms in total. The van der Waals surface area contributed by atoms with E-state index in [1.807, 2.05) is 12.1 Å². The number of rotatable bonds is 4. The number of benzene rings is 2. The molecule has 1 saturated heterocycles. The summed E-state index contributed by atoms with van der Waals surface area (Å²) >= 11 is 1.25. The van der Waals surface area contributed by atoms with Gasteiger partial charge in [0, 0.05) is 23.7 Å². The van der Waals surface area contributed by atoms with Crippen LogP contribution >= 0.6 is 11.8 Å². The molecule has 3 amide bonds. The smallest absolute Gasteiger partial charge is 0.250 e. The van der Waals surface area contributed by atoms with Crippen molar-refractivity contribution in [1.29, 1.82) is 0 Å². The van der Waals surface area contributed by atoms with Crippen molar-refractivity contribution < 1.29 is 18.8 Å². The van der Waals surface area contributed by atoms with Crippen LogP contribution in [0.15, 0.2) is 47.4 Å². The lowest BCUT2D eigenvalue weighted by atomic mass is 10.2. The van der Waals surface area contributed by atoms with E-state index in [-0.39, 0.29) is 12.5 Å².